The van der Waals surface area contributed by atoms with E-state index in [1.807, 2.05) is 39.0 Å². The predicted octanol–water partition coefficient (Wildman–Crippen LogP) is 4.49. The van der Waals surface area contributed by atoms with Gasteiger partial charge >= 0.3 is 6.09 Å². The number of benzene rings is 1. The lowest BCUT2D eigenvalue weighted by molar-refractivity contribution is -0.757. The summed E-state index contributed by atoms with van der Waals surface area (Å²) in [7, 11) is 0. The van der Waals surface area contributed by atoms with Gasteiger partial charge in [0.05, 0.1) is 0 Å². The summed E-state index contributed by atoms with van der Waals surface area (Å²) in [6, 6.07) is 8.02. The van der Waals surface area contributed by atoms with Crippen LogP contribution in [0.25, 0.3) is 0 Å². The molecule has 0 saturated heterocycles. The first-order chi connectivity index (χ1) is 15.2. The van der Waals surface area contributed by atoms with Crippen molar-refractivity contribution in [3.8, 4) is 5.75 Å². The van der Waals surface area contributed by atoms with Gasteiger partial charge in [-0.3, -0.25) is 0 Å². The van der Waals surface area contributed by atoms with Crippen LogP contribution >= 0.6 is 0 Å². The maximum absolute atomic E-state index is 12.5. The molecular formula is C24H34N2O6. The van der Waals surface area contributed by atoms with Crippen LogP contribution in [-0.2, 0) is 15.0 Å². The van der Waals surface area contributed by atoms with Gasteiger partial charge in [0.2, 0.25) is 0 Å². The maximum atomic E-state index is 12.5. The van der Waals surface area contributed by atoms with Crippen molar-refractivity contribution < 1.29 is 24.2 Å². The molecule has 1 N–H and O–H groups in total. The van der Waals surface area contributed by atoms with E-state index in [0.29, 0.717) is 24.1 Å². The zero-order chi connectivity index (χ0) is 22.9. The van der Waals surface area contributed by atoms with Crippen LogP contribution in [0.2, 0.25) is 0 Å². The average molecular weight is 447 g/mol. The molecule has 32 heavy (non-hydrogen) atoms. The van der Waals surface area contributed by atoms with Crippen LogP contribution in [0.4, 0.5) is 4.79 Å². The van der Waals surface area contributed by atoms with Crippen molar-refractivity contribution >= 4 is 6.09 Å². The van der Waals surface area contributed by atoms with E-state index in [9.17, 15) is 14.9 Å². The zero-order valence-electron chi connectivity index (χ0n) is 19.2. The summed E-state index contributed by atoms with van der Waals surface area (Å²) < 4.78 is 11.3. The Hall–Kier alpha value is -2.51. The summed E-state index contributed by atoms with van der Waals surface area (Å²) >= 11 is 0. The topological polar surface area (TPSA) is 99.9 Å². The number of alkyl carbamates (subject to hydrolysis) is 1. The van der Waals surface area contributed by atoms with Crippen molar-refractivity contribution in [2.45, 2.75) is 63.9 Å². The molecule has 0 aliphatic heterocycles. The second-order valence-corrected chi connectivity index (χ2v) is 10.6. The fourth-order valence-corrected chi connectivity index (χ4v) is 6.57. The van der Waals surface area contributed by atoms with Crippen LogP contribution in [0.15, 0.2) is 24.3 Å². The Kier molecular flexibility index (Phi) is 6.23. The van der Waals surface area contributed by atoms with Crippen LogP contribution in [0.1, 0.15) is 58.4 Å². The molecule has 4 bridgehead atoms. The molecule has 1 aromatic rings. The number of hydrogen-bond donors (Lipinski definition) is 1. The van der Waals surface area contributed by atoms with Gasteiger partial charge in [0.25, 0.3) is 5.09 Å². The summed E-state index contributed by atoms with van der Waals surface area (Å²) in [6.07, 6.45) is 5.77. The van der Waals surface area contributed by atoms with Gasteiger partial charge in [0, 0.05) is 12.0 Å². The van der Waals surface area contributed by atoms with Crippen molar-refractivity contribution in [3.05, 3.63) is 39.9 Å². The van der Waals surface area contributed by atoms with E-state index in [4.69, 9.17) is 9.47 Å². The summed E-state index contributed by atoms with van der Waals surface area (Å²) in [6.45, 7) is 6.14. The highest BCUT2D eigenvalue weighted by Gasteiger charge is 2.57. The Balaban J connectivity index is 1.56. The van der Waals surface area contributed by atoms with Crippen molar-refractivity contribution in [2.24, 2.45) is 23.7 Å². The zero-order valence-corrected chi connectivity index (χ0v) is 19.2. The fraction of sp³-hybridized carbons (Fsp3) is 0.708. The third-order valence-electron chi connectivity index (χ3n) is 7.44. The monoisotopic (exact) mass is 446 g/mol. The molecular weight excluding hydrogens is 412 g/mol. The van der Waals surface area contributed by atoms with Gasteiger partial charge in [-0.15, -0.1) is 10.1 Å². The molecule has 4 aliphatic carbocycles. The minimum atomic E-state index is -0.814. The molecule has 0 aromatic heterocycles. The van der Waals surface area contributed by atoms with Gasteiger partial charge in [0.15, 0.2) is 0 Å². The molecule has 0 atom stereocenters. The average Bonchev–Trinajstić information content (AvgIpc) is 2.69. The number of carbonyl (C=O) groups is 1. The quantitative estimate of drug-likeness (QED) is 0.359. The minimum absolute atomic E-state index is 0.102. The number of amides is 1. The maximum Gasteiger partial charge on any atom is 0.407 e. The highest BCUT2D eigenvalue weighted by atomic mass is 17.0. The van der Waals surface area contributed by atoms with Crippen molar-refractivity contribution in [1.29, 1.82) is 0 Å². The Labute approximate surface area is 189 Å². The second kappa shape index (κ2) is 8.79. The second-order valence-electron chi connectivity index (χ2n) is 10.6. The molecule has 0 radical (unpaired) electrons. The standard InChI is InChI=1S/C24H34N2O6/c1-23(2,3)32-22(27)25-15-24(19-10-16-9-17(12-19)13-20(24)11-16)18-5-4-6-21(14-18)30-7-8-31-26(28)29/h4-6,14,16-17,19-20H,7-13,15H2,1-3H3,(H,25,27). The van der Waals surface area contributed by atoms with Crippen LogP contribution in [0.5, 0.6) is 5.75 Å². The number of nitrogens with one attached hydrogen (secondary N) is 1. The number of hydrogen-bond acceptors (Lipinski definition) is 6. The van der Waals surface area contributed by atoms with Gasteiger partial charge in [-0.05, 0) is 94.2 Å². The molecule has 0 unspecified atom stereocenters. The van der Waals surface area contributed by atoms with E-state index in [1.165, 1.54) is 37.7 Å². The van der Waals surface area contributed by atoms with E-state index in [-0.39, 0.29) is 24.7 Å². The van der Waals surface area contributed by atoms with Crippen molar-refractivity contribution in [2.75, 3.05) is 19.8 Å². The lowest BCUT2D eigenvalue weighted by Crippen LogP contribution is -2.60. The highest BCUT2D eigenvalue weighted by molar-refractivity contribution is 5.68. The SMILES string of the molecule is CC(C)(C)OC(=O)NCC1(c2cccc(OCCO[N+](=O)[O-])c2)C2CC3CC(C2)CC1C3. The van der Waals surface area contributed by atoms with Crippen LogP contribution < -0.4 is 10.1 Å². The fourth-order valence-electron chi connectivity index (χ4n) is 6.57. The lowest BCUT2D eigenvalue weighted by Gasteiger charge is -2.61. The van der Waals surface area contributed by atoms with Crippen molar-refractivity contribution in [3.63, 3.8) is 0 Å². The van der Waals surface area contributed by atoms with E-state index < -0.39 is 10.7 Å². The Morgan fingerprint density at radius 3 is 2.38 bits per heavy atom. The number of nitrogens with zero attached hydrogens (tertiary/aromatic N) is 1. The molecule has 1 amide bonds. The van der Waals surface area contributed by atoms with Crippen LogP contribution in [0.3, 0.4) is 0 Å². The molecule has 8 nitrogen and oxygen atoms in total. The molecule has 176 valence electrons. The first-order valence-electron chi connectivity index (χ1n) is 11.6. The van der Waals surface area contributed by atoms with E-state index in [1.54, 1.807) is 0 Å². The summed E-state index contributed by atoms with van der Waals surface area (Å²) in [5.74, 6) is 3.29. The number of rotatable bonds is 8. The van der Waals surface area contributed by atoms with Gasteiger partial charge in [-0.1, -0.05) is 12.1 Å². The van der Waals surface area contributed by atoms with E-state index >= 15 is 0 Å². The molecule has 4 aliphatic rings. The summed E-state index contributed by atoms with van der Waals surface area (Å²) in [5, 5.41) is 12.6. The minimum Gasteiger partial charge on any atom is -0.492 e. The molecule has 0 heterocycles. The molecule has 8 heteroatoms. The van der Waals surface area contributed by atoms with Gasteiger partial charge < -0.3 is 19.6 Å². The Morgan fingerprint density at radius 2 is 1.78 bits per heavy atom. The third kappa shape index (κ3) is 4.79. The van der Waals surface area contributed by atoms with Gasteiger partial charge in [-0.25, -0.2) is 4.79 Å². The normalized spacial score (nSPS) is 30.6. The first-order valence-corrected chi connectivity index (χ1v) is 11.6. The largest absolute Gasteiger partial charge is 0.492 e. The lowest BCUT2D eigenvalue weighted by atomic mass is 9.43. The van der Waals surface area contributed by atoms with Gasteiger partial charge in [-0.2, -0.15) is 0 Å². The smallest absolute Gasteiger partial charge is 0.407 e. The van der Waals surface area contributed by atoms with Gasteiger partial charge in [0.1, 0.15) is 24.6 Å². The molecule has 1 aromatic carbocycles. The van der Waals surface area contributed by atoms with E-state index in [0.717, 1.165) is 11.8 Å². The predicted molar refractivity (Wildman–Crippen MR) is 118 cm³/mol. The third-order valence-corrected chi connectivity index (χ3v) is 7.44. The molecule has 0 spiro atoms. The van der Waals surface area contributed by atoms with E-state index in [2.05, 4.69) is 16.2 Å². The Bertz CT molecular complexity index is 821. The molecule has 5 rings (SSSR count). The molecule has 4 saturated carbocycles. The number of carbonyl (C=O) groups excluding carboxylic acids is 1. The summed E-state index contributed by atoms with van der Waals surface area (Å²) in [5.41, 5.74) is 0.483. The van der Waals surface area contributed by atoms with Crippen molar-refractivity contribution in [1.82, 2.24) is 5.32 Å². The Morgan fingerprint density at radius 1 is 1.12 bits per heavy atom. The van der Waals surface area contributed by atoms with Crippen LogP contribution in [0, 0.1) is 33.8 Å². The highest BCUT2D eigenvalue weighted by Crippen LogP contribution is 2.62. The first kappa shape index (κ1) is 22.7. The number of ether oxygens (including phenoxy) is 2. The van der Waals surface area contributed by atoms with Crippen LogP contribution in [-0.4, -0.2) is 36.5 Å². The molecule has 4 fully saturated rings. The summed E-state index contributed by atoms with van der Waals surface area (Å²) in [4.78, 5) is 27.2.